The monoisotopic (exact) mass is 456 g/mol. The third kappa shape index (κ3) is 5.11. The van der Waals surface area contributed by atoms with Crippen molar-refractivity contribution in [2.75, 3.05) is 25.0 Å². The molecule has 0 radical (unpaired) electrons. The Labute approximate surface area is 165 Å². The van der Waals surface area contributed by atoms with E-state index >= 15 is 0 Å². The summed E-state index contributed by atoms with van der Waals surface area (Å²) in [6.45, 7) is 5.05. The number of aryl methyl sites for hydroxylation is 1. The zero-order chi connectivity index (χ0) is 16.1. The van der Waals surface area contributed by atoms with Gasteiger partial charge in [-0.3, -0.25) is 4.99 Å². The first-order valence-electron chi connectivity index (χ1n) is 8.06. The smallest absolute Gasteiger partial charge is 0.191 e. The number of nitrogens with zero attached hydrogens (tertiary/aromatic N) is 2. The van der Waals surface area contributed by atoms with Crippen LogP contribution < -0.4 is 15.5 Å². The van der Waals surface area contributed by atoms with Crippen LogP contribution >= 0.6 is 35.3 Å². The van der Waals surface area contributed by atoms with Gasteiger partial charge in [0.25, 0.3) is 0 Å². The fourth-order valence-electron chi connectivity index (χ4n) is 2.84. The minimum atomic E-state index is 0. The summed E-state index contributed by atoms with van der Waals surface area (Å²) in [6.07, 6.45) is 1.13. The molecule has 1 unspecified atom stereocenters. The highest BCUT2D eigenvalue weighted by Crippen LogP contribution is 2.20. The highest BCUT2D eigenvalue weighted by atomic mass is 127. The van der Waals surface area contributed by atoms with Gasteiger partial charge in [0.1, 0.15) is 0 Å². The topological polar surface area (TPSA) is 39.7 Å². The van der Waals surface area contributed by atoms with Crippen LogP contribution in [0, 0.1) is 6.92 Å². The second-order valence-corrected chi connectivity index (χ2v) is 6.95. The lowest BCUT2D eigenvalue weighted by Crippen LogP contribution is -2.44. The molecule has 1 aromatic carbocycles. The van der Waals surface area contributed by atoms with Gasteiger partial charge in [-0.05, 0) is 36.9 Å². The first-order valence-corrected chi connectivity index (χ1v) is 8.94. The molecule has 0 aliphatic carbocycles. The number of nitrogens with one attached hydrogen (secondary N) is 2. The van der Waals surface area contributed by atoms with Crippen LogP contribution in [0.15, 0.2) is 46.8 Å². The minimum absolute atomic E-state index is 0. The van der Waals surface area contributed by atoms with Crippen molar-refractivity contribution < 1.29 is 0 Å². The van der Waals surface area contributed by atoms with E-state index in [4.69, 9.17) is 0 Å². The number of halogens is 1. The van der Waals surface area contributed by atoms with Crippen molar-refractivity contribution in [2.45, 2.75) is 25.9 Å². The van der Waals surface area contributed by atoms with Crippen molar-refractivity contribution in [1.82, 2.24) is 10.6 Å². The van der Waals surface area contributed by atoms with Crippen LogP contribution in [0.5, 0.6) is 0 Å². The maximum Gasteiger partial charge on any atom is 0.191 e. The quantitative estimate of drug-likeness (QED) is 0.420. The van der Waals surface area contributed by atoms with E-state index in [1.165, 1.54) is 16.1 Å². The number of hydrogen-bond acceptors (Lipinski definition) is 3. The summed E-state index contributed by atoms with van der Waals surface area (Å²) >= 11 is 1.76. The third-order valence-corrected chi connectivity index (χ3v) is 5.04. The van der Waals surface area contributed by atoms with Crippen LogP contribution in [0.4, 0.5) is 5.69 Å². The van der Waals surface area contributed by atoms with Crippen LogP contribution in [0.1, 0.15) is 16.9 Å². The number of hydrogen-bond donors (Lipinski definition) is 2. The third-order valence-electron chi connectivity index (χ3n) is 4.16. The van der Waals surface area contributed by atoms with Crippen molar-refractivity contribution in [3.8, 4) is 0 Å². The van der Waals surface area contributed by atoms with Crippen molar-refractivity contribution >= 4 is 47.0 Å². The zero-order valence-corrected chi connectivity index (χ0v) is 17.3. The molecular formula is C18H25IN4S. The summed E-state index contributed by atoms with van der Waals surface area (Å²) < 4.78 is 0. The summed E-state index contributed by atoms with van der Waals surface area (Å²) in [6, 6.07) is 13.4. The van der Waals surface area contributed by atoms with Crippen LogP contribution in [-0.2, 0) is 6.54 Å². The number of rotatable bonds is 4. The normalized spacial score (nSPS) is 17.5. The van der Waals surface area contributed by atoms with Crippen LogP contribution in [0.2, 0.25) is 0 Å². The Balaban J connectivity index is 0.00000208. The second-order valence-electron chi connectivity index (χ2n) is 5.92. The molecule has 0 amide bonds. The minimum Gasteiger partial charge on any atom is -0.369 e. The molecular weight excluding hydrogens is 431 g/mol. The fourth-order valence-corrected chi connectivity index (χ4v) is 3.48. The average Bonchev–Trinajstić information content (AvgIpc) is 3.24. The van der Waals surface area contributed by atoms with Gasteiger partial charge in [-0.15, -0.1) is 35.3 Å². The molecule has 2 heterocycles. The molecule has 1 fully saturated rings. The maximum absolute atomic E-state index is 4.34. The van der Waals surface area contributed by atoms with Crippen molar-refractivity contribution in [2.24, 2.45) is 4.99 Å². The van der Waals surface area contributed by atoms with Crippen molar-refractivity contribution in [3.63, 3.8) is 0 Å². The molecule has 0 saturated carbocycles. The molecule has 1 aromatic heterocycles. The Morgan fingerprint density at radius 3 is 2.75 bits per heavy atom. The Kier molecular flexibility index (Phi) is 7.36. The Bertz CT molecular complexity index is 640. The fraction of sp³-hybridized carbons (Fsp3) is 0.389. The van der Waals surface area contributed by atoms with E-state index in [1.54, 1.807) is 11.3 Å². The van der Waals surface area contributed by atoms with Crippen LogP contribution in [-0.4, -0.2) is 32.1 Å². The van der Waals surface area contributed by atoms with Gasteiger partial charge in [0.15, 0.2) is 5.96 Å². The first-order chi connectivity index (χ1) is 11.2. The molecule has 4 nitrogen and oxygen atoms in total. The average molecular weight is 456 g/mol. The van der Waals surface area contributed by atoms with Crippen LogP contribution in [0.3, 0.4) is 0 Å². The summed E-state index contributed by atoms with van der Waals surface area (Å²) in [4.78, 5) is 8.10. The predicted octanol–water partition coefficient (Wildman–Crippen LogP) is 3.62. The molecule has 130 valence electrons. The molecule has 0 spiro atoms. The molecule has 6 heteroatoms. The predicted molar refractivity (Wildman–Crippen MR) is 115 cm³/mol. The number of guanidine groups is 1. The summed E-state index contributed by atoms with van der Waals surface area (Å²) in [5.74, 6) is 0.883. The molecule has 1 atom stereocenters. The lowest BCUT2D eigenvalue weighted by Gasteiger charge is -2.20. The largest absolute Gasteiger partial charge is 0.369 e. The number of benzene rings is 1. The lowest BCUT2D eigenvalue weighted by atomic mass is 10.2. The molecule has 1 aliphatic heterocycles. The molecule has 1 saturated heterocycles. The maximum atomic E-state index is 4.34. The van der Waals surface area contributed by atoms with Gasteiger partial charge in [-0.25, -0.2) is 0 Å². The zero-order valence-electron chi connectivity index (χ0n) is 14.2. The van der Waals surface area contributed by atoms with Gasteiger partial charge in [0.05, 0.1) is 6.54 Å². The number of aliphatic imine (C=N–C) groups is 1. The summed E-state index contributed by atoms with van der Waals surface area (Å²) in [5.41, 5.74) is 2.61. The summed E-state index contributed by atoms with van der Waals surface area (Å²) in [5, 5.41) is 9.03. The van der Waals surface area contributed by atoms with E-state index in [1.807, 2.05) is 7.05 Å². The Morgan fingerprint density at radius 2 is 2.08 bits per heavy atom. The highest BCUT2D eigenvalue weighted by Gasteiger charge is 2.23. The van der Waals surface area contributed by atoms with E-state index in [0.29, 0.717) is 6.04 Å². The van der Waals surface area contributed by atoms with Gasteiger partial charge in [0, 0.05) is 36.7 Å². The van der Waals surface area contributed by atoms with Gasteiger partial charge < -0.3 is 15.5 Å². The van der Waals surface area contributed by atoms with Gasteiger partial charge in [-0.2, -0.15) is 0 Å². The van der Waals surface area contributed by atoms with Gasteiger partial charge >= 0.3 is 0 Å². The van der Waals surface area contributed by atoms with E-state index in [0.717, 1.165) is 32.0 Å². The second kappa shape index (κ2) is 9.27. The number of thiophene rings is 1. The van der Waals surface area contributed by atoms with E-state index in [9.17, 15) is 0 Å². The SMILES string of the molecule is CN=C(NCc1cccs1)NC1CCN(c2ccc(C)cc2)C1.I. The van der Waals surface area contributed by atoms with Crippen LogP contribution in [0.25, 0.3) is 0 Å². The molecule has 0 bridgehead atoms. The lowest BCUT2D eigenvalue weighted by molar-refractivity contribution is 0.649. The number of anilines is 1. The molecule has 1 aliphatic rings. The van der Waals surface area contributed by atoms with E-state index < -0.39 is 0 Å². The van der Waals surface area contributed by atoms with E-state index in [2.05, 4.69) is 69.2 Å². The van der Waals surface area contributed by atoms with Crippen molar-refractivity contribution in [1.29, 1.82) is 0 Å². The molecule has 24 heavy (non-hydrogen) atoms. The van der Waals surface area contributed by atoms with Crippen molar-refractivity contribution in [3.05, 3.63) is 52.2 Å². The first kappa shape index (κ1) is 19.1. The van der Waals surface area contributed by atoms with Gasteiger partial charge in [-0.1, -0.05) is 23.8 Å². The molecule has 2 N–H and O–H groups in total. The summed E-state index contributed by atoms with van der Waals surface area (Å²) in [7, 11) is 1.83. The van der Waals surface area contributed by atoms with Gasteiger partial charge in [0.2, 0.25) is 0 Å². The van der Waals surface area contributed by atoms with E-state index in [-0.39, 0.29) is 24.0 Å². The Hall–Kier alpha value is -1.28. The molecule has 3 rings (SSSR count). The highest BCUT2D eigenvalue weighted by molar-refractivity contribution is 14.0. The Morgan fingerprint density at radius 1 is 1.29 bits per heavy atom. The standard InChI is InChI=1S/C18H24N4S.HI/c1-14-5-7-16(8-6-14)22-10-9-15(13-22)21-18(19-2)20-12-17-4-3-11-23-17;/h3-8,11,15H,9-10,12-13H2,1-2H3,(H2,19,20,21);1H. The molecule has 2 aromatic rings.